The number of rotatable bonds is 2. The lowest BCUT2D eigenvalue weighted by molar-refractivity contribution is -0.153. The molecule has 2 heterocycles. The Kier molecular flexibility index (Phi) is 3.01. The zero-order valence-corrected chi connectivity index (χ0v) is 10.9. The van der Waals surface area contributed by atoms with Gasteiger partial charge in [-0.1, -0.05) is 30.3 Å². The molecule has 2 saturated heterocycles. The minimum atomic E-state index is -0.178. The Balaban J connectivity index is 1.79. The van der Waals surface area contributed by atoms with Gasteiger partial charge in [0.05, 0.1) is 18.4 Å². The van der Waals surface area contributed by atoms with Crippen molar-refractivity contribution in [2.24, 2.45) is 11.8 Å². The Labute approximate surface area is 112 Å². The lowest BCUT2D eigenvalue weighted by Gasteiger charge is -2.25. The standard InChI is InChI=1S/C15H17NO3/c1-10(11-5-3-2-4-6-11)16-8-12-7-14(17)19-9-13(12)15(16)18/h2-6,10,12-13H,7-9H2,1H3/t10?,12?,13-/m1/s1. The summed E-state index contributed by atoms with van der Waals surface area (Å²) in [7, 11) is 0. The summed E-state index contributed by atoms with van der Waals surface area (Å²) < 4.78 is 5.01. The first-order chi connectivity index (χ1) is 9.16. The van der Waals surface area contributed by atoms with Crippen molar-refractivity contribution in [3.63, 3.8) is 0 Å². The molecule has 2 aliphatic heterocycles. The highest BCUT2D eigenvalue weighted by atomic mass is 16.5. The summed E-state index contributed by atoms with van der Waals surface area (Å²) in [4.78, 5) is 25.6. The Morgan fingerprint density at radius 1 is 1.26 bits per heavy atom. The first-order valence-corrected chi connectivity index (χ1v) is 6.68. The van der Waals surface area contributed by atoms with Crippen LogP contribution in [0.15, 0.2) is 30.3 Å². The highest BCUT2D eigenvalue weighted by molar-refractivity contribution is 5.84. The van der Waals surface area contributed by atoms with Crippen LogP contribution in [-0.2, 0) is 14.3 Å². The van der Waals surface area contributed by atoms with Crippen LogP contribution in [0.3, 0.4) is 0 Å². The van der Waals surface area contributed by atoms with E-state index in [1.807, 2.05) is 42.2 Å². The van der Waals surface area contributed by atoms with E-state index in [2.05, 4.69) is 0 Å². The number of fused-ring (bicyclic) bond motifs is 1. The van der Waals surface area contributed by atoms with Gasteiger partial charge >= 0.3 is 5.97 Å². The summed E-state index contributed by atoms with van der Waals surface area (Å²) in [6.07, 6.45) is 0.369. The van der Waals surface area contributed by atoms with Crippen molar-refractivity contribution in [3.8, 4) is 0 Å². The third kappa shape index (κ3) is 2.11. The lowest BCUT2D eigenvalue weighted by Crippen LogP contribution is -2.33. The Hall–Kier alpha value is -1.84. The molecule has 3 rings (SSSR count). The normalized spacial score (nSPS) is 27.9. The number of benzene rings is 1. The van der Waals surface area contributed by atoms with Crippen LogP contribution in [0.25, 0.3) is 0 Å². The maximum absolute atomic E-state index is 12.4. The molecule has 0 radical (unpaired) electrons. The van der Waals surface area contributed by atoms with Crippen LogP contribution in [0.2, 0.25) is 0 Å². The van der Waals surface area contributed by atoms with Crippen molar-refractivity contribution < 1.29 is 14.3 Å². The van der Waals surface area contributed by atoms with Crippen LogP contribution in [-0.4, -0.2) is 29.9 Å². The number of amides is 1. The van der Waals surface area contributed by atoms with Gasteiger partial charge in [-0.25, -0.2) is 0 Å². The van der Waals surface area contributed by atoms with Crippen molar-refractivity contribution in [1.29, 1.82) is 0 Å². The van der Waals surface area contributed by atoms with E-state index in [4.69, 9.17) is 4.74 Å². The molecule has 3 atom stereocenters. The predicted molar refractivity (Wildman–Crippen MR) is 69.1 cm³/mol. The average Bonchev–Trinajstić information content (AvgIpc) is 2.75. The summed E-state index contributed by atoms with van der Waals surface area (Å²) in [5.41, 5.74) is 1.13. The molecule has 1 amide bonds. The fourth-order valence-electron chi connectivity index (χ4n) is 3.01. The summed E-state index contributed by atoms with van der Waals surface area (Å²) in [5, 5.41) is 0. The predicted octanol–water partition coefficient (Wildman–Crippen LogP) is 1.77. The zero-order valence-electron chi connectivity index (χ0n) is 10.9. The average molecular weight is 259 g/mol. The van der Waals surface area contributed by atoms with E-state index >= 15 is 0 Å². The zero-order chi connectivity index (χ0) is 13.4. The van der Waals surface area contributed by atoms with Crippen molar-refractivity contribution in [2.75, 3.05) is 13.2 Å². The Morgan fingerprint density at radius 3 is 2.74 bits per heavy atom. The number of cyclic esters (lactones) is 1. The molecule has 1 aromatic rings. The van der Waals surface area contributed by atoms with Crippen molar-refractivity contribution in [3.05, 3.63) is 35.9 Å². The van der Waals surface area contributed by atoms with Crippen molar-refractivity contribution in [1.82, 2.24) is 4.90 Å². The molecule has 0 aromatic heterocycles. The summed E-state index contributed by atoms with van der Waals surface area (Å²) in [5.74, 6) is -0.0686. The fourth-order valence-corrected chi connectivity index (χ4v) is 3.01. The minimum absolute atomic E-state index is 0.0504. The van der Waals surface area contributed by atoms with Gasteiger partial charge in [0.15, 0.2) is 0 Å². The van der Waals surface area contributed by atoms with Gasteiger partial charge in [0, 0.05) is 12.5 Å². The van der Waals surface area contributed by atoms with Crippen LogP contribution in [0.1, 0.15) is 24.9 Å². The molecule has 0 saturated carbocycles. The van der Waals surface area contributed by atoms with Gasteiger partial charge in [0.2, 0.25) is 5.91 Å². The van der Waals surface area contributed by atoms with Crippen molar-refractivity contribution in [2.45, 2.75) is 19.4 Å². The van der Waals surface area contributed by atoms with Gasteiger partial charge in [-0.15, -0.1) is 0 Å². The SMILES string of the molecule is CC(c1ccccc1)N1CC2CC(=O)OC[C@H]2C1=O. The molecule has 1 aromatic carbocycles. The molecule has 4 nitrogen and oxygen atoms in total. The molecule has 4 heteroatoms. The quantitative estimate of drug-likeness (QED) is 0.760. The molecule has 2 aliphatic rings. The maximum atomic E-state index is 12.4. The van der Waals surface area contributed by atoms with Gasteiger partial charge in [0.1, 0.15) is 6.61 Å². The number of esters is 1. The van der Waals surface area contributed by atoms with Crippen LogP contribution >= 0.6 is 0 Å². The van der Waals surface area contributed by atoms with E-state index < -0.39 is 0 Å². The Bertz CT molecular complexity index is 499. The first-order valence-electron chi connectivity index (χ1n) is 6.68. The molecule has 0 N–H and O–H groups in total. The van der Waals surface area contributed by atoms with Crippen molar-refractivity contribution >= 4 is 11.9 Å². The molecule has 0 bridgehead atoms. The monoisotopic (exact) mass is 259 g/mol. The summed E-state index contributed by atoms with van der Waals surface area (Å²) >= 11 is 0. The molecule has 100 valence electrons. The van der Waals surface area contributed by atoms with Crippen LogP contribution in [0.5, 0.6) is 0 Å². The summed E-state index contributed by atoms with van der Waals surface area (Å²) in [6.45, 7) is 2.95. The van der Waals surface area contributed by atoms with E-state index in [-0.39, 0.29) is 36.4 Å². The number of carbonyl (C=O) groups is 2. The highest BCUT2D eigenvalue weighted by Crippen LogP contribution is 2.36. The third-order valence-electron chi connectivity index (χ3n) is 4.20. The first kappa shape index (κ1) is 12.2. The third-order valence-corrected chi connectivity index (χ3v) is 4.20. The van der Waals surface area contributed by atoms with Gasteiger partial charge in [-0.05, 0) is 12.5 Å². The molecule has 2 unspecified atom stereocenters. The maximum Gasteiger partial charge on any atom is 0.306 e. The fraction of sp³-hybridized carbons (Fsp3) is 0.467. The number of hydrogen-bond acceptors (Lipinski definition) is 3. The van der Waals surface area contributed by atoms with E-state index in [0.29, 0.717) is 13.0 Å². The van der Waals surface area contributed by atoms with E-state index in [1.165, 1.54) is 0 Å². The van der Waals surface area contributed by atoms with Crippen LogP contribution in [0.4, 0.5) is 0 Å². The van der Waals surface area contributed by atoms with E-state index in [1.54, 1.807) is 0 Å². The lowest BCUT2D eigenvalue weighted by atomic mass is 9.91. The molecule has 19 heavy (non-hydrogen) atoms. The number of carbonyl (C=O) groups excluding carboxylic acids is 2. The molecular weight excluding hydrogens is 242 g/mol. The topological polar surface area (TPSA) is 46.6 Å². The smallest absolute Gasteiger partial charge is 0.306 e. The number of hydrogen-bond donors (Lipinski definition) is 0. The number of ether oxygens (including phenoxy) is 1. The minimum Gasteiger partial charge on any atom is -0.465 e. The molecule has 0 spiro atoms. The highest BCUT2D eigenvalue weighted by Gasteiger charge is 2.46. The van der Waals surface area contributed by atoms with Crippen LogP contribution < -0.4 is 0 Å². The molecule has 0 aliphatic carbocycles. The van der Waals surface area contributed by atoms with E-state index in [9.17, 15) is 9.59 Å². The number of nitrogens with zero attached hydrogens (tertiary/aromatic N) is 1. The second-order valence-electron chi connectivity index (χ2n) is 5.33. The molecular formula is C15H17NO3. The van der Waals surface area contributed by atoms with E-state index in [0.717, 1.165) is 5.56 Å². The largest absolute Gasteiger partial charge is 0.465 e. The summed E-state index contributed by atoms with van der Waals surface area (Å²) in [6, 6.07) is 10.0. The second kappa shape index (κ2) is 4.68. The van der Waals surface area contributed by atoms with Crippen LogP contribution in [0, 0.1) is 11.8 Å². The van der Waals surface area contributed by atoms with Gasteiger partial charge in [0.25, 0.3) is 0 Å². The van der Waals surface area contributed by atoms with Gasteiger partial charge in [-0.2, -0.15) is 0 Å². The Morgan fingerprint density at radius 2 is 2.00 bits per heavy atom. The number of likely N-dealkylation sites (tertiary alicyclic amines) is 1. The van der Waals surface area contributed by atoms with Gasteiger partial charge < -0.3 is 9.64 Å². The molecule has 2 fully saturated rings. The van der Waals surface area contributed by atoms with Gasteiger partial charge in [-0.3, -0.25) is 9.59 Å². The second-order valence-corrected chi connectivity index (χ2v) is 5.33.